The fourth-order valence-corrected chi connectivity index (χ4v) is 4.46. The number of aliphatic hydroxyl groups is 1. The van der Waals surface area contributed by atoms with E-state index in [2.05, 4.69) is 24.8 Å². The number of amides is 2. The molecule has 0 unspecified atom stereocenters. The molecule has 1 aliphatic heterocycles. The molecule has 1 aliphatic rings. The van der Waals surface area contributed by atoms with Crippen molar-refractivity contribution >= 4 is 40.1 Å². The topological polar surface area (TPSA) is 127 Å². The van der Waals surface area contributed by atoms with Crippen LogP contribution in [0.3, 0.4) is 0 Å². The van der Waals surface area contributed by atoms with E-state index < -0.39 is 58.1 Å². The van der Waals surface area contributed by atoms with Gasteiger partial charge in [-0.3, -0.25) is 10.2 Å². The van der Waals surface area contributed by atoms with Gasteiger partial charge in [0.1, 0.15) is 17.4 Å². The lowest BCUT2D eigenvalue weighted by molar-refractivity contribution is 0.0693. The molecule has 4 N–H and O–H groups in total. The van der Waals surface area contributed by atoms with E-state index in [0.717, 1.165) is 32.7 Å². The summed E-state index contributed by atoms with van der Waals surface area (Å²) in [6.07, 6.45) is 0.672. The van der Waals surface area contributed by atoms with Crippen molar-refractivity contribution in [1.82, 2.24) is 19.5 Å². The van der Waals surface area contributed by atoms with Crippen LogP contribution in [0.15, 0.2) is 6.07 Å². The Kier molecular flexibility index (Phi) is 10.1. The largest absolute Gasteiger partial charge is 0.477 e. The Morgan fingerprint density at radius 1 is 1.14 bits per heavy atom. The fourth-order valence-electron chi connectivity index (χ4n) is 3.55. The summed E-state index contributed by atoms with van der Waals surface area (Å²) in [7, 11) is 0. The Balaban J connectivity index is 1.50. The van der Waals surface area contributed by atoms with Crippen LogP contribution in [0.1, 0.15) is 22.3 Å². The van der Waals surface area contributed by atoms with Crippen LogP contribution in [0.2, 0.25) is 5.02 Å². The normalized spacial score (nSPS) is 14.6. The van der Waals surface area contributed by atoms with Crippen LogP contribution in [0, 0.1) is 17.5 Å². The van der Waals surface area contributed by atoms with Crippen LogP contribution in [-0.2, 0) is 6.61 Å². The van der Waals surface area contributed by atoms with Crippen molar-refractivity contribution in [1.29, 1.82) is 0 Å². The van der Waals surface area contributed by atoms with Gasteiger partial charge < -0.3 is 25.2 Å². The number of urea groups is 1. The number of anilines is 1. The van der Waals surface area contributed by atoms with Crippen molar-refractivity contribution in [2.24, 2.45) is 0 Å². The molecule has 1 aromatic heterocycles. The summed E-state index contributed by atoms with van der Waals surface area (Å²) in [4.78, 5) is 28.3. The SMILES string of the molecule is O=C(NCCCN1CCN(CCO)CC1)Nc1snc(OCc2c(F)cc(Cl)c(F)c2F)c1C(=O)O. The third kappa shape index (κ3) is 7.20. The minimum atomic E-state index is -1.56. The summed E-state index contributed by atoms with van der Waals surface area (Å²) in [6, 6.07) is -0.0795. The Bertz CT molecular complexity index is 1080. The predicted octanol–water partition coefficient (Wildman–Crippen LogP) is 2.61. The number of rotatable bonds is 11. The van der Waals surface area contributed by atoms with E-state index in [9.17, 15) is 27.9 Å². The number of nitrogens with one attached hydrogen (secondary N) is 2. The molecule has 2 aromatic rings. The number of carbonyl (C=O) groups is 2. The first kappa shape index (κ1) is 27.9. The molecule has 0 saturated carbocycles. The smallest absolute Gasteiger partial charge is 0.344 e. The van der Waals surface area contributed by atoms with Gasteiger partial charge in [0.2, 0.25) is 5.88 Å². The number of ether oxygens (including phenoxy) is 1. The zero-order valence-corrected chi connectivity index (χ0v) is 20.6. The van der Waals surface area contributed by atoms with Crippen molar-refractivity contribution < 1.29 is 37.7 Å². The number of benzene rings is 1. The summed E-state index contributed by atoms with van der Waals surface area (Å²) in [5, 5.41) is 22.6. The van der Waals surface area contributed by atoms with Crippen LogP contribution < -0.4 is 15.4 Å². The number of carboxylic acids is 1. The quantitative estimate of drug-likeness (QED) is 0.191. The third-order valence-electron chi connectivity index (χ3n) is 5.48. The summed E-state index contributed by atoms with van der Waals surface area (Å²) in [6.45, 7) is 4.53. The molecule has 2 heterocycles. The number of aromatic carboxylic acids is 1. The van der Waals surface area contributed by atoms with Crippen LogP contribution in [0.25, 0.3) is 0 Å². The first-order chi connectivity index (χ1) is 17.2. The van der Waals surface area contributed by atoms with Crippen molar-refractivity contribution in [2.75, 3.05) is 57.7 Å². The maximum atomic E-state index is 14.0. The number of hydrogen-bond donors (Lipinski definition) is 4. The Morgan fingerprint density at radius 2 is 1.81 bits per heavy atom. The van der Waals surface area contributed by atoms with Gasteiger partial charge >= 0.3 is 12.0 Å². The lowest BCUT2D eigenvalue weighted by Crippen LogP contribution is -2.47. The minimum absolute atomic E-state index is 0.134. The van der Waals surface area contributed by atoms with Crippen molar-refractivity contribution in [3.05, 3.63) is 39.7 Å². The number of aliphatic hydroxyl groups excluding tert-OH is 1. The number of carbonyl (C=O) groups excluding carboxylic acids is 1. The van der Waals surface area contributed by atoms with Gasteiger partial charge in [-0.15, -0.1) is 0 Å². The van der Waals surface area contributed by atoms with Gasteiger partial charge in [-0.05, 0) is 30.6 Å². The first-order valence-electron chi connectivity index (χ1n) is 11.0. The van der Waals surface area contributed by atoms with Crippen molar-refractivity contribution in [2.45, 2.75) is 13.0 Å². The average molecular weight is 552 g/mol. The number of β-amino-alcohol motifs (C(OH)–C–C–N with tert-alkyl or cyclic N) is 1. The second-order valence-corrected chi connectivity index (χ2v) is 9.05. The molecule has 0 radical (unpaired) electrons. The van der Waals surface area contributed by atoms with Gasteiger partial charge in [0.05, 0.1) is 17.2 Å². The highest BCUT2D eigenvalue weighted by atomic mass is 35.5. The molecule has 1 aromatic carbocycles. The van der Waals surface area contributed by atoms with Crippen molar-refractivity contribution in [3.8, 4) is 5.88 Å². The standard InChI is InChI=1S/C21H25ClF3N5O5S/c22-13-10-14(23)12(16(24)17(13)25)11-35-18-15(20(32)33)19(36-28-18)27-21(34)26-2-1-3-29-4-6-30(7-5-29)8-9-31/h10,31H,1-9,11H2,(H,32,33)(H2,26,27,34). The lowest BCUT2D eigenvalue weighted by Gasteiger charge is -2.34. The molecule has 198 valence electrons. The van der Waals surface area contributed by atoms with E-state index in [1.807, 2.05) is 0 Å². The zero-order valence-electron chi connectivity index (χ0n) is 19.0. The number of aromatic nitrogens is 1. The summed E-state index contributed by atoms with van der Waals surface area (Å²) >= 11 is 5.99. The molecule has 10 nitrogen and oxygen atoms in total. The van der Waals surface area contributed by atoms with E-state index in [-0.39, 0.29) is 11.6 Å². The lowest BCUT2D eigenvalue weighted by atomic mass is 10.2. The molecule has 1 saturated heterocycles. The zero-order chi connectivity index (χ0) is 26.2. The molecular weight excluding hydrogens is 527 g/mol. The molecule has 2 amide bonds. The summed E-state index contributed by atoms with van der Waals surface area (Å²) in [5.41, 5.74) is -1.30. The van der Waals surface area contributed by atoms with Crippen LogP contribution >= 0.6 is 23.1 Å². The number of carboxylic acid groups (broad SMARTS) is 1. The molecule has 15 heteroatoms. The highest BCUT2D eigenvalue weighted by Gasteiger charge is 2.25. The molecular formula is C21H25ClF3N5O5S. The van der Waals surface area contributed by atoms with Gasteiger partial charge in [-0.25, -0.2) is 22.8 Å². The molecule has 0 atom stereocenters. The molecule has 36 heavy (non-hydrogen) atoms. The van der Waals surface area contributed by atoms with E-state index in [1.54, 1.807) is 0 Å². The first-order valence-corrected chi connectivity index (χ1v) is 12.1. The molecule has 0 aliphatic carbocycles. The maximum absolute atomic E-state index is 14.0. The van der Waals surface area contributed by atoms with Gasteiger partial charge in [0.15, 0.2) is 17.2 Å². The number of halogens is 4. The Hall–Kier alpha value is -2.65. The van der Waals surface area contributed by atoms with E-state index >= 15 is 0 Å². The maximum Gasteiger partial charge on any atom is 0.344 e. The minimum Gasteiger partial charge on any atom is -0.477 e. The second kappa shape index (κ2) is 13.1. The number of nitrogens with zero attached hydrogens (tertiary/aromatic N) is 3. The number of hydrogen-bond acceptors (Lipinski definition) is 8. The molecule has 0 spiro atoms. The number of piperazine rings is 1. The van der Waals surface area contributed by atoms with Crippen LogP contribution in [0.5, 0.6) is 5.88 Å². The molecule has 0 bridgehead atoms. The van der Waals surface area contributed by atoms with Gasteiger partial charge in [0.25, 0.3) is 0 Å². The van der Waals surface area contributed by atoms with Gasteiger partial charge in [-0.2, -0.15) is 4.37 Å². The Labute approximate surface area is 213 Å². The van der Waals surface area contributed by atoms with Crippen LogP contribution in [0.4, 0.5) is 23.0 Å². The Morgan fingerprint density at radius 3 is 2.44 bits per heavy atom. The highest BCUT2D eigenvalue weighted by Crippen LogP contribution is 2.32. The summed E-state index contributed by atoms with van der Waals surface area (Å²) < 4.78 is 50.5. The van der Waals surface area contributed by atoms with Gasteiger partial charge in [0, 0.05) is 39.3 Å². The predicted molar refractivity (Wildman–Crippen MR) is 126 cm³/mol. The average Bonchev–Trinajstić information content (AvgIpc) is 3.24. The van der Waals surface area contributed by atoms with Crippen LogP contribution in [-0.4, -0.2) is 88.8 Å². The van der Waals surface area contributed by atoms with E-state index in [4.69, 9.17) is 21.4 Å². The van der Waals surface area contributed by atoms with Gasteiger partial charge in [-0.1, -0.05) is 11.6 Å². The molecule has 3 rings (SSSR count). The summed E-state index contributed by atoms with van der Waals surface area (Å²) in [5.74, 6) is -6.17. The highest BCUT2D eigenvalue weighted by molar-refractivity contribution is 7.11. The van der Waals surface area contributed by atoms with Crippen molar-refractivity contribution in [3.63, 3.8) is 0 Å². The monoisotopic (exact) mass is 551 g/mol. The molecule has 1 fully saturated rings. The second-order valence-electron chi connectivity index (χ2n) is 7.87. The van der Waals surface area contributed by atoms with E-state index in [0.29, 0.717) is 37.1 Å². The fraction of sp³-hybridized carbons (Fsp3) is 0.476. The third-order valence-corrected chi connectivity index (χ3v) is 6.50. The van der Waals surface area contributed by atoms with E-state index in [1.165, 1.54) is 0 Å².